The first kappa shape index (κ1) is 13.5. The molecule has 0 bridgehead atoms. The van der Waals surface area contributed by atoms with Crippen LogP contribution in [0.1, 0.15) is 59.8 Å². The molecule has 0 heterocycles. The lowest BCUT2D eigenvalue weighted by atomic mass is 9.79. The highest BCUT2D eigenvalue weighted by Crippen LogP contribution is 2.32. The van der Waals surface area contributed by atoms with Crippen LogP contribution in [0, 0.1) is 5.41 Å². The SMILES string of the molecule is CCCCC(C)(CC)CC(=O)OCC. The van der Waals surface area contributed by atoms with Gasteiger partial charge < -0.3 is 4.74 Å². The molecule has 2 heteroatoms. The molecule has 0 aliphatic carbocycles. The third-order valence-corrected chi connectivity index (χ3v) is 2.86. The van der Waals surface area contributed by atoms with Gasteiger partial charge in [-0.3, -0.25) is 4.79 Å². The predicted octanol–water partition coefficient (Wildman–Crippen LogP) is 3.55. The number of hydrogen-bond donors (Lipinski definition) is 0. The summed E-state index contributed by atoms with van der Waals surface area (Å²) < 4.78 is 4.98. The molecule has 0 amide bonds. The van der Waals surface area contributed by atoms with Crippen molar-refractivity contribution in [2.45, 2.75) is 59.8 Å². The number of unbranched alkanes of at least 4 members (excludes halogenated alkanes) is 1. The van der Waals surface area contributed by atoms with E-state index in [1.54, 1.807) is 0 Å². The summed E-state index contributed by atoms with van der Waals surface area (Å²) in [6.07, 6.45) is 5.13. The number of carbonyl (C=O) groups is 1. The first-order valence-corrected chi connectivity index (χ1v) is 5.73. The summed E-state index contributed by atoms with van der Waals surface area (Å²) in [5.41, 5.74) is 0.141. The summed E-state index contributed by atoms with van der Waals surface area (Å²) in [7, 11) is 0. The second-order valence-corrected chi connectivity index (χ2v) is 4.25. The summed E-state index contributed by atoms with van der Waals surface area (Å²) in [5.74, 6) is -0.0482. The van der Waals surface area contributed by atoms with Crippen molar-refractivity contribution in [3.05, 3.63) is 0 Å². The van der Waals surface area contributed by atoms with Crippen LogP contribution in [-0.2, 0) is 9.53 Å². The molecule has 0 N–H and O–H groups in total. The van der Waals surface area contributed by atoms with Crippen LogP contribution in [0.3, 0.4) is 0 Å². The van der Waals surface area contributed by atoms with E-state index in [4.69, 9.17) is 4.74 Å². The highest BCUT2D eigenvalue weighted by Gasteiger charge is 2.25. The molecule has 0 spiro atoms. The second kappa shape index (κ2) is 6.86. The van der Waals surface area contributed by atoms with Crippen LogP contribution in [-0.4, -0.2) is 12.6 Å². The molecule has 2 nitrogen and oxygen atoms in total. The van der Waals surface area contributed by atoms with Gasteiger partial charge in [0.15, 0.2) is 0 Å². The zero-order valence-electron chi connectivity index (χ0n) is 10.1. The lowest BCUT2D eigenvalue weighted by molar-refractivity contribution is -0.145. The minimum atomic E-state index is -0.0482. The van der Waals surface area contributed by atoms with Gasteiger partial charge in [-0.25, -0.2) is 0 Å². The van der Waals surface area contributed by atoms with E-state index in [-0.39, 0.29) is 11.4 Å². The normalized spacial score (nSPS) is 14.9. The Morgan fingerprint density at radius 1 is 1.29 bits per heavy atom. The fourth-order valence-corrected chi connectivity index (χ4v) is 1.55. The molecule has 0 radical (unpaired) electrons. The number of rotatable bonds is 7. The smallest absolute Gasteiger partial charge is 0.306 e. The molecular weight excluding hydrogens is 176 g/mol. The van der Waals surface area contributed by atoms with Crippen molar-refractivity contribution in [3.63, 3.8) is 0 Å². The van der Waals surface area contributed by atoms with Gasteiger partial charge in [-0.05, 0) is 18.8 Å². The Hall–Kier alpha value is -0.530. The Labute approximate surface area is 88.0 Å². The topological polar surface area (TPSA) is 26.3 Å². The molecular formula is C12H24O2. The third-order valence-electron chi connectivity index (χ3n) is 2.86. The maximum absolute atomic E-state index is 11.4. The van der Waals surface area contributed by atoms with Gasteiger partial charge in [-0.2, -0.15) is 0 Å². The zero-order chi connectivity index (χ0) is 11.0. The van der Waals surface area contributed by atoms with Crippen molar-refractivity contribution in [1.29, 1.82) is 0 Å². The lowest BCUT2D eigenvalue weighted by Gasteiger charge is -2.26. The summed E-state index contributed by atoms with van der Waals surface area (Å²) >= 11 is 0. The summed E-state index contributed by atoms with van der Waals surface area (Å²) in [6.45, 7) is 8.86. The molecule has 0 aromatic carbocycles. The molecule has 1 atom stereocenters. The monoisotopic (exact) mass is 200 g/mol. The Balaban J connectivity index is 4.03. The minimum absolute atomic E-state index is 0.0482. The first-order valence-electron chi connectivity index (χ1n) is 5.73. The van der Waals surface area contributed by atoms with Crippen molar-refractivity contribution in [3.8, 4) is 0 Å². The van der Waals surface area contributed by atoms with E-state index >= 15 is 0 Å². The number of hydrogen-bond acceptors (Lipinski definition) is 2. The van der Waals surface area contributed by atoms with Crippen molar-refractivity contribution < 1.29 is 9.53 Å². The van der Waals surface area contributed by atoms with Gasteiger partial charge in [-0.15, -0.1) is 0 Å². The molecule has 0 rings (SSSR count). The van der Waals surface area contributed by atoms with E-state index in [0.717, 1.165) is 12.8 Å². The quantitative estimate of drug-likeness (QED) is 0.587. The number of esters is 1. The fourth-order valence-electron chi connectivity index (χ4n) is 1.55. The average Bonchev–Trinajstić information content (AvgIpc) is 2.15. The van der Waals surface area contributed by atoms with Gasteiger partial charge in [0, 0.05) is 0 Å². The van der Waals surface area contributed by atoms with Crippen LogP contribution < -0.4 is 0 Å². The molecule has 0 aromatic rings. The van der Waals surface area contributed by atoms with E-state index in [1.165, 1.54) is 12.8 Å². The van der Waals surface area contributed by atoms with Gasteiger partial charge in [0.2, 0.25) is 0 Å². The molecule has 0 aromatic heterocycles. The summed E-state index contributed by atoms with van der Waals surface area (Å²) in [4.78, 5) is 11.4. The van der Waals surface area contributed by atoms with Crippen LogP contribution >= 0.6 is 0 Å². The van der Waals surface area contributed by atoms with E-state index in [0.29, 0.717) is 13.0 Å². The highest BCUT2D eigenvalue weighted by atomic mass is 16.5. The minimum Gasteiger partial charge on any atom is -0.466 e. The van der Waals surface area contributed by atoms with Crippen molar-refractivity contribution in [2.24, 2.45) is 5.41 Å². The van der Waals surface area contributed by atoms with Crippen molar-refractivity contribution in [1.82, 2.24) is 0 Å². The average molecular weight is 200 g/mol. The van der Waals surface area contributed by atoms with E-state index in [9.17, 15) is 4.79 Å². The second-order valence-electron chi connectivity index (χ2n) is 4.25. The zero-order valence-corrected chi connectivity index (χ0v) is 10.1. The molecule has 0 aliphatic heterocycles. The third kappa shape index (κ3) is 5.25. The van der Waals surface area contributed by atoms with Crippen LogP contribution in [0.15, 0.2) is 0 Å². The fraction of sp³-hybridized carbons (Fsp3) is 0.917. The largest absolute Gasteiger partial charge is 0.466 e. The van der Waals surface area contributed by atoms with E-state index in [2.05, 4.69) is 20.8 Å². The summed E-state index contributed by atoms with van der Waals surface area (Å²) in [6, 6.07) is 0. The van der Waals surface area contributed by atoms with Crippen molar-refractivity contribution in [2.75, 3.05) is 6.61 Å². The van der Waals surface area contributed by atoms with Gasteiger partial charge in [0.05, 0.1) is 13.0 Å². The van der Waals surface area contributed by atoms with Gasteiger partial charge in [-0.1, -0.05) is 40.0 Å². The van der Waals surface area contributed by atoms with Gasteiger partial charge >= 0.3 is 5.97 Å². The Morgan fingerprint density at radius 2 is 1.93 bits per heavy atom. The van der Waals surface area contributed by atoms with E-state index in [1.807, 2.05) is 6.92 Å². The maximum atomic E-state index is 11.4. The Kier molecular flexibility index (Phi) is 6.60. The standard InChI is InChI=1S/C12H24O2/c1-5-8-9-12(4,6-2)10-11(13)14-7-3/h5-10H2,1-4H3. The van der Waals surface area contributed by atoms with Crippen LogP contribution in [0.5, 0.6) is 0 Å². The lowest BCUT2D eigenvalue weighted by Crippen LogP contribution is -2.21. The molecule has 0 aliphatic rings. The van der Waals surface area contributed by atoms with Crippen molar-refractivity contribution >= 4 is 5.97 Å². The predicted molar refractivity (Wildman–Crippen MR) is 59.2 cm³/mol. The highest BCUT2D eigenvalue weighted by molar-refractivity contribution is 5.70. The maximum Gasteiger partial charge on any atom is 0.306 e. The van der Waals surface area contributed by atoms with Crippen LogP contribution in [0.2, 0.25) is 0 Å². The molecule has 0 saturated heterocycles. The molecule has 14 heavy (non-hydrogen) atoms. The first-order chi connectivity index (χ1) is 6.58. The molecule has 1 unspecified atom stereocenters. The Bertz CT molecular complexity index is 166. The molecule has 0 saturated carbocycles. The summed E-state index contributed by atoms with van der Waals surface area (Å²) in [5, 5.41) is 0. The molecule has 0 fully saturated rings. The van der Waals surface area contributed by atoms with E-state index < -0.39 is 0 Å². The van der Waals surface area contributed by atoms with Crippen LogP contribution in [0.25, 0.3) is 0 Å². The number of carbonyl (C=O) groups excluding carboxylic acids is 1. The van der Waals surface area contributed by atoms with Gasteiger partial charge in [0.25, 0.3) is 0 Å². The van der Waals surface area contributed by atoms with Crippen LogP contribution in [0.4, 0.5) is 0 Å². The number of ether oxygens (including phenoxy) is 1. The molecule has 84 valence electrons. The van der Waals surface area contributed by atoms with Gasteiger partial charge in [0.1, 0.15) is 0 Å². The Morgan fingerprint density at radius 3 is 2.36 bits per heavy atom.